The number of rotatable bonds is 4. The Labute approximate surface area is 202 Å². The molecule has 0 bridgehead atoms. The Morgan fingerprint density at radius 3 is 1.41 bits per heavy atom. The lowest BCUT2D eigenvalue weighted by Gasteiger charge is -2.19. The van der Waals surface area contributed by atoms with Crippen molar-refractivity contribution in [2.75, 3.05) is 0 Å². The third kappa shape index (κ3) is 4.70. The highest BCUT2D eigenvalue weighted by molar-refractivity contribution is 5.78. The minimum absolute atomic E-state index is 0.0952. The van der Waals surface area contributed by atoms with Crippen molar-refractivity contribution >= 4 is 0 Å². The molecule has 1 aromatic heterocycles. The molecular weight excluding hydrogens is 410 g/mol. The SMILES string of the molecule is CC(C)(C)c1ccnc(-c2cccc(-c3cccc(-c4cccc(-c5ccccc5)c4)c3)c2)c1. The summed E-state index contributed by atoms with van der Waals surface area (Å²) in [6.07, 6.45) is 1.92. The van der Waals surface area contributed by atoms with Crippen LogP contribution >= 0.6 is 0 Å². The van der Waals surface area contributed by atoms with Crippen molar-refractivity contribution in [3.8, 4) is 44.6 Å². The van der Waals surface area contributed by atoms with Crippen LogP contribution in [0.5, 0.6) is 0 Å². The van der Waals surface area contributed by atoms with E-state index in [0.29, 0.717) is 0 Å². The van der Waals surface area contributed by atoms with Gasteiger partial charge in [-0.3, -0.25) is 4.98 Å². The summed E-state index contributed by atoms with van der Waals surface area (Å²) in [6, 6.07) is 41.1. The van der Waals surface area contributed by atoms with Gasteiger partial charge in [-0.1, -0.05) is 106 Å². The Hall–Kier alpha value is -3.97. The van der Waals surface area contributed by atoms with Crippen molar-refractivity contribution < 1.29 is 0 Å². The number of hydrogen-bond acceptors (Lipinski definition) is 1. The average molecular weight is 440 g/mol. The Kier molecular flexibility index (Phi) is 5.86. The van der Waals surface area contributed by atoms with E-state index >= 15 is 0 Å². The molecular formula is C33H29N. The molecule has 0 spiro atoms. The number of nitrogens with zero attached hydrogens (tertiary/aromatic N) is 1. The molecule has 0 radical (unpaired) electrons. The first-order chi connectivity index (χ1) is 16.5. The average Bonchev–Trinajstić information content (AvgIpc) is 2.89. The van der Waals surface area contributed by atoms with E-state index in [4.69, 9.17) is 0 Å². The molecule has 34 heavy (non-hydrogen) atoms. The first kappa shape index (κ1) is 21.9. The first-order valence-corrected chi connectivity index (χ1v) is 11.8. The zero-order valence-electron chi connectivity index (χ0n) is 20.0. The summed E-state index contributed by atoms with van der Waals surface area (Å²) >= 11 is 0. The van der Waals surface area contributed by atoms with Gasteiger partial charge < -0.3 is 0 Å². The van der Waals surface area contributed by atoms with E-state index < -0.39 is 0 Å². The quantitative estimate of drug-likeness (QED) is 0.272. The van der Waals surface area contributed by atoms with Crippen molar-refractivity contribution in [1.82, 2.24) is 4.98 Å². The van der Waals surface area contributed by atoms with Crippen LogP contribution in [0.2, 0.25) is 0 Å². The van der Waals surface area contributed by atoms with Crippen LogP contribution in [0.1, 0.15) is 26.3 Å². The molecule has 1 heteroatoms. The molecule has 166 valence electrons. The highest BCUT2D eigenvalue weighted by atomic mass is 14.7. The van der Waals surface area contributed by atoms with Crippen LogP contribution in [0.25, 0.3) is 44.6 Å². The van der Waals surface area contributed by atoms with Crippen LogP contribution < -0.4 is 0 Å². The minimum Gasteiger partial charge on any atom is -0.256 e. The second-order valence-corrected chi connectivity index (χ2v) is 9.79. The molecule has 0 aliphatic heterocycles. The first-order valence-electron chi connectivity index (χ1n) is 11.8. The Bertz CT molecular complexity index is 1420. The molecule has 0 fully saturated rings. The van der Waals surface area contributed by atoms with Crippen LogP contribution in [-0.2, 0) is 5.41 Å². The smallest absolute Gasteiger partial charge is 0.0705 e. The van der Waals surface area contributed by atoms with Crippen LogP contribution in [-0.4, -0.2) is 4.98 Å². The summed E-state index contributed by atoms with van der Waals surface area (Å²) in [5, 5.41) is 0. The van der Waals surface area contributed by atoms with Crippen molar-refractivity contribution in [2.45, 2.75) is 26.2 Å². The molecule has 0 atom stereocenters. The lowest BCUT2D eigenvalue weighted by atomic mass is 9.87. The molecule has 0 saturated heterocycles. The van der Waals surface area contributed by atoms with Gasteiger partial charge in [0.1, 0.15) is 0 Å². The maximum absolute atomic E-state index is 4.66. The van der Waals surface area contributed by atoms with Crippen LogP contribution in [0, 0.1) is 0 Å². The summed E-state index contributed by atoms with van der Waals surface area (Å²) in [7, 11) is 0. The summed E-state index contributed by atoms with van der Waals surface area (Å²) in [5.74, 6) is 0. The zero-order chi connectivity index (χ0) is 23.5. The minimum atomic E-state index is 0.0952. The third-order valence-corrected chi connectivity index (χ3v) is 6.28. The second-order valence-electron chi connectivity index (χ2n) is 9.79. The molecule has 0 saturated carbocycles. The van der Waals surface area contributed by atoms with Gasteiger partial charge >= 0.3 is 0 Å². The van der Waals surface area contributed by atoms with E-state index in [0.717, 1.165) is 11.3 Å². The number of benzene rings is 4. The molecule has 0 unspecified atom stereocenters. The second kappa shape index (κ2) is 9.11. The standard InChI is InChI=1S/C33H29N/c1-33(2,3)31-18-19-34-32(23-31)30-17-9-16-29(22-30)28-15-8-14-27(21-28)26-13-7-12-25(20-26)24-10-5-4-6-11-24/h4-23H,1-3H3. The molecule has 0 aliphatic carbocycles. The van der Waals surface area contributed by atoms with Crippen molar-refractivity contribution in [1.29, 1.82) is 0 Å². The molecule has 4 aromatic carbocycles. The van der Waals surface area contributed by atoms with Gasteiger partial charge in [0.25, 0.3) is 0 Å². The van der Waals surface area contributed by atoms with Gasteiger partial charge in [-0.2, -0.15) is 0 Å². The van der Waals surface area contributed by atoms with Crippen molar-refractivity contribution in [2.24, 2.45) is 0 Å². The molecule has 0 amide bonds. The number of hydrogen-bond donors (Lipinski definition) is 0. The molecule has 1 nitrogen and oxygen atoms in total. The van der Waals surface area contributed by atoms with Crippen LogP contribution in [0.4, 0.5) is 0 Å². The number of pyridine rings is 1. The Balaban J connectivity index is 1.50. The predicted octanol–water partition coefficient (Wildman–Crippen LogP) is 9.05. The van der Waals surface area contributed by atoms with Crippen molar-refractivity contribution in [3.63, 3.8) is 0 Å². The highest BCUT2D eigenvalue weighted by Crippen LogP contribution is 2.32. The third-order valence-electron chi connectivity index (χ3n) is 6.28. The topological polar surface area (TPSA) is 12.9 Å². The van der Waals surface area contributed by atoms with Gasteiger partial charge in [0.05, 0.1) is 5.69 Å². The van der Waals surface area contributed by atoms with Crippen molar-refractivity contribution in [3.05, 3.63) is 127 Å². The predicted molar refractivity (Wildman–Crippen MR) is 145 cm³/mol. The van der Waals surface area contributed by atoms with Gasteiger partial charge in [-0.15, -0.1) is 0 Å². The molecule has 5 rings (SSSR count). The Morgan fingerprint density at radius 1 is 0.441 bits per heavy atom. The molecule has 0 aliphatic rings. The summed E-state index contributed by atoms with van der Waals surface area (Å²) in [6.45, 7) is 6.71. The van der Waals surface area contributed by atoms with Gasteiger partial charge in [0.15, 0.2) is 0 Å². The maximum Gasteiger partial charge on any atom is 0.0705 e. The maximum atomic E-state index is 4.66. The van der Waals surface area contributed by atoms with Gasteiger partial charge in [0, 0.05) is 11.8 Å². The lowest BCUT2D eigenvalue weighted by molar-refractivity contribution is 0.589. The summed E-state index contributed by atoms with van der Waals surface area (Å²) in [4.78, 5) is 4.66. The van der Waals surface area contributed by atoms with E-state index in [-0.39, 0.29) is 5.41 Å². The van der Waals surface area contributed by atoms with Gasteiger partial charge in [-0.05, 0) is 74.7 Å². The van der Waals surface area contributed by atoms with E-state index in [1.165, 1.54) is 38.9 Å². The lowest BCUT2D eigenvalue weighted by Crippen LogP contribution is -2.11. The molecule has 1 heterocycles. The monoisotopic (exact) mass is 439 g/mol. The largest absolute Gasteiger partial charge is 0.256 e. The summed E-state index contributed by atoms with van der Waals surface area (Å²) < 4.78 is 0. The number of aromatic nitrogens is 1. The Morgan fingerprint density at radius 2 is 0.882 bits per heavy atom. The molecule has 0 N–H and O–H groups in total. The van der Waals surface area contributed by atoms with E-state index in [2.05, 4.69) is 141 Å². The fourth-order valence-electron chi connectivity index (χ4n) is 4.30. The van der Waals surface area contributed by atoms with Gasteiger partial charge in [-0.25, -0.2) is 0 Å². The fraction of sp³-hybridized carbons (Fsp3) is 0.121. The highest BCUT2D eigenvalue weighted by Gasteiger charge is 2.15. The zero-order valence-corrected chi connectivity index (χ0v) is 20.0. The fourth-order valence-corrected chi connectivity index (χ4v) is 4.30. The van der Waals surface area contributed by atoms with E-state index in [1.807, 2.05) is 6.20 Å². The van der Waals surface area contributed by atoms with Crippen LogP contribution in [0.15, 0.2) is 121 Å². The molecule has 5 aromatic rings. The van der Waals surface area contributed by atoms with Crippen LogP contribution in [0.3, 0.4) is 0 Å². The van der Waals surface area contributed by atoms with E-state index in [9.17, 15) is 0 Å². The summed E-state index contributed by atoms with van der Waals surface area (Å²) in [5.41, 5.74) is 10.8. The normalized spacial score (nSPS) is 11.4. The van der Waals surface area contributed by atoms with Gasteiger partial charge in [0.2, 0.25) is 0 Å². The van der Waals surface area contributed by atoms with E-state index in [1.54, 1.807) is 0 Å².